The minimum atomic E-state index is -4.53. The summed E-state index contributed by atoms with van der Waals surface area (Å²) in [5, 5.41) is 9.36. The van der Waals surface area contributed by atoms with Gasteiger partial charge in [0.25, 0.3) is 0 Å². The average Bonchev–Trinajstić information content (AvgIpc) is 2.42. The lowest BCUT2D eigenvalue weighted by Gasteiger charge is -2.18. The summed E-state index contributed by atoms with van der Waals surface area (Å²) in [6, 6.07) is 5.05. The Bertz CT molecular complexity index is 482. The lowest BCUT2D eigenvalue weighted by atomic mass is 10.1. The Morgan fingerprint density at radius 1 is 1.40 bits per heavy atom. The van der Waals surface area contributed by atoms with Crippen LogP contribution < -0.4 is 4.74 Å². The smallest absolute Gasteiger partial charge is 0.420 e. The Kier molecular flexibility index (Phi) is 6.34. The van der Waals surface area contributed by atoms with E-state index in [1.807, 2.05) is 6.92 Å². The van der Waals surface area contributed by atoms with Crippen molar-refractivity contribution in [2.45, 2.75) is 25.9 Å². The second-order valence-electron chi connectivity index (χ2n) is 4.44. The highest BCUT2D eigenvalue weighted by Crippen LogP contribution is 2.37. The zero-order valence-electron chi connectivity index (χ0n) is 11.0. The molecule has 0 amide bonds. The molecule has 20 heavy (non-hydrogen) atoms. The lowest BCUT2D eigenvalue weighted by molar-refractivity contribution is -0.139. The summed E-state index contributed by atoms with van der Waals surface area (Å²) < 4.78 is 44.1. The van der Waals surface area contributed by atoms with E-state index in [4.69, 9.17) is 10.00 Å². The molecule has 2 nitrogen and oxygen atoms in total. The van der Waals surface area contributed by atoms with Gasteiger partial charge in [0.15, 0.2) is 0 Å². The summed E-state index contributed by atoms with van der Waals surface area (Å²) in [6.07, 6.45) is -2.71. The second-order valence-corrected chi connectivity index (χ2v) is 5.09. The van der Waals surface area contributed by atoms with Crippen molar-refractivity contribution in [3.05, 3.63) is 29.3 Å². The quantitative estimate of drug-likeness (QED) is 0.693. The number of alkyl halides is 4. The monoisotopic (exact) mass is 349 g/mol. The standard InChI is InChI=1S/C14H15BrF3NO/c1-2-3-11(7-15)9-20-13-5-4-10(8-19)6-12(13)14(16,17)18/h4-6,11H,2-3,7,9H2,1H3. The molecule has 1 aromatic carbocycles. The predicted octanol–water partition coefficient (Wildman–Crippen LogP) is 4.77. The van der Waals surface area contributed by atoms with Crippen LogP contribution >= 0.6 is 15.9 Å². The molecule has 0 bridgehead atoms. The molecule has 6 heteroatoms. The van der Waals surface area contributed by atoms with E-state index in [1.165, 1.54) is 12.1 Å². The number of nitrogens with zero attached hydrogens (tertiary/aromatic N) is 1. The van der Waals surface area contributed by atoms with Crippen molar-refractivity contribution < 1.29 is 17.9 Å². The van der Waals surface area contributed by atoms with Gasteiger partial charge in [-0.2, -0.15) is 18.4 Å². The van der Waals surface area contributed by atoms with E-state index in [0.717, 1.165) is 18.9 Å². The zero-order valence-corrected chi connectivity index (χ0v) is 12.6. The molecule has 0 aliphatic rings. The van der Waals surface area contributed by atoms with Crippen molar-refractivity contribution in [2.24, 2.45) is 5.92 Å². The number of hydrogen-bond donors (Lipinski definition) is 0. The third-order valence-electron chi connectivity index (χ3n) is 2.80. The molecule has 0 radical (unpaired) electrons. The molecule has 0 aromatic heterocycles. The highest BCUT2D eigenvalue weighted by atomic mass is 79.9. The van der Waals surface area contributed by atoms with Gasteiger partial charge in [0.05, 0.1) is 23.8 Å². The Hall–Kier alpha value is -1.22. The van der Waals surface area contributed by atoms with E-state index < -0.39 is 11.7 Å². The van der Waals surface area contributed by atoms with Crippen LogP contribution in [-0.2, 0) is 6.18 Å². The molecule has 1 atom stereocenters. The topological polar surface area (TPSA) is 33.0 Å². The maximum atomic E-state index is 12.9. The molecule has 1 unspecified atom stereocenters. The molecular formula is C14H15BrF3NO. The summed E-state index contributed by atoms with van der Waals surface area (Å²) in [5.41, 5.74) is -0.934. The number of hydrogen-bond acceptors (Lipinski definition) is 2. The highest BCUT2D eigenvalue weighted by Gasteiger charge is 2.34. The van der Waals surface area contributed by atoms with Crippen molar-refractivity contribution in [1.29, 1.82) is 5.26 Å². The first-order chi connectivity index (χ1) is 9.42. The summed E-state index contributed by atoms with van der Waals surface area (Å²) in [5.74, 6) is -0.0599. The van der Waals surface area contributed by atoms with Crippen LogP contribution in [0.25, 0.3) is 0 Å². The minimum absolute atomic E-state index is 0.0322. The van der Waals surface area contributed by atoms with Crippen molar-refractivity contribution >= 4 is 15.9 Å². The van der Waals surface area contributed by atoms with E-state index in [0.29, 0.717) is 5.33 Å². The van der Waals surface area contributed by atoms with Gasteiger partial charge in [-0.05, 0) is 24.6 Å². The van der Waals surface area contributed by atoms with E-state index in [9.17, 15) is 13.2 Å². The maximum absolute atomic E-state index is 12.9. The van der Waals surface area contributed by atoms with Crippen molar-refractivity contribution in [3.63, 3.8) is 0 Å². The molecule has 0 aliphatic heterocycles. The van der Waals surface area contributed by atoms with E-state index in [2.05, 4.69) is 15.9 Å². The van der Waals surface area contributed by atoms with Crippen LogP contribution in [0.15, 0.2) is 18.2 Å². The van der Waals surface area contributed by atoms with E-state index in [-0.39, 0.29) is 23.8 Å². The fraction of sp³-hybridized carbons (Fsp3) is 0.500. The molecule has 1 rings (SSSR count). The second kappa shape index (κ2) is 7.53. The van der Waals surface area contributed by atoms with Crippen LogP contribution in [0.5, 0.6) is 5.75 Å². The number of rotatable bonds is 6. The third-order valence-corrected chi connectivity index (χ3v) is 3.72. The first-order valence-corrected chi connectivity index (χ1v) is 7.34. The van der Waals surface area contributed by atoms with Gasteiger partial charge in [-0.3, -0.25) is 0 Å². The van der Waals surface area contributed by atoms with Gasteiger partial charge >= 0.3 is 6.18 Å². The predicted molar refractivity (Wildman–Crippen MR) is 73.8 cm³/mol. The molecule has 0 fully saturated rings. The minimum Gasteiger partial charge on any atom is -0.493 e. The van der Waals surface area contributed by atoms with Gasteiger partial charge in [-0.15, -0.1) is 0 Å². The van der Waals surface area contributed by atoms with E-state index in [1.54, 1.807) is 6.07 Å². The molecule has 0 aliphatic carbocycles. The van der Waals surface area contributed by atoms with Crippen LogP contribution in [0.3, 0.4) is 0 Å². The number of ether oxygens (including phenoxy) is 1. The van der Waals surface area contributed by atoms with Crippen LogP contribution in [0.2, 0.25) is 0 Å². The van der Waals surface area contributed by atoms with Gasteiger partial charge in [-0.25, -0.2) is 0 Å². The summed E-state index contributed by atoms with van der Waals surface area (Å²) >= 11 is 3.33. The summed E-state index contributed by atoms with van der Waals surface area (Å²) in [6.45, 7) is 2.23. The Morgan fingerprint density at radius 3 is 2.60 bits per heavy atom. The van der Waals surface area contributed by atoms with E-state index >= 15 is 0 Å². The van der Waals surface area contributed by atoms with Gasteiger partial charge < -0.3 is 4.74 Å². The fourth-order valence-electron chi connectivity index (χ4n) is 1.77. The number of benzene rings is 1. The number of nitriles is 1. The van der Waals surface area contributed by atoms with Crippen LogP contribution in [0, 0.1) is 17.2 Å². The third kappa shape index (κ3) is 4.71. The van der Waals surface area contributed by atoms with Gasteiger partial charge in [0, 0.05) is 11.2 Å². The molecule has 0 saturated heterocycles. The Morgan fingerprint density at radius 2 is 2.10 bits per heavy atom. The van der Waals surface area contributed by atoms with Crippen LogP contribution in [0.4, 0.5) is 13.2 Å². The normalized spacial score (nSPS) is 12.8. The SMILES string of the molecule is CCCC(CBr)COc1ccc(C#N)cc1C(F)(F)F. The molecule has 0 saturated carbocycles. The van der Waals surface area contributed by atoms with Crippen molar-refractivity contribution in [2.75, 3.05) is 11.9 Å². The summed E-state index contributed by atoms with van der Waals surface area (Å²) in [7, 11) is 0. The fourth-order valence-corrected chi connectivity index (χ4v) is 2.28. The lowest BCUT2D eigenvalue weighted by Crippen LogP contribution is -2.16. The number of halogens is 4. The van der Waals surface area contributed by atoms with Crippen LogP contribution in [0.1, 0.15) is 30.9 Å². The Balaban J connectivity index is 2.92. The molecule has 0 spiro atoms. The molecule has 110 valence electrons. The average molecular weight is 350 g/mol. The molecular weight excluding hydrogens is 335 g/mol. The van der Waals surface area contributed by atoms with Crippen molar-refractivity contribution in [3.8, 4) is 11.8 Å². The first-order valence-electron chi connectivity index (χ1n) is 6.22. The molecule has 0 N–H and O–H groups in total. The van der Waals surface area contributed by atoms with Crippen LogP contribution in [-0.4, -0.2) is 11.9 Å². The Labute approximate surface area is 124 Å². The van der Waals surface area contributed by atoms with Gasteiger partial charge in [0.1, 0.15) is 5.75 Å². The van der Waals surface area contributed by atoms with Gasteiger partial charge in [0.2, 0.25) is 0 Å². The maximum Gasteiger partial charge on any atom is 0.420 e. The largest absolute Gasteiger partial charge is 0.493 e. The summed E-state index contributed by atoms with van der Waals surface area (Å²) in [4.78, 5) is 0. The first kappa shape index (κ1) is 16.8. The molecule has 1 aromatic rings. The highest BCUT2D eigenvalue weighted by molar-refractivity contribution is 9.09. The van der Waals surface area contributed by atoms with Crippen molar-refractivity contribution in [1.82, 2.24) is 0 Å². The van der Waals surface area contributed by atoms with Gasteiger partial charge in [-0.1, -0.05) is 29.3 Å². The molecule has 0 heterocycles. The zero-order chi connectivity index (χ0) is 15.2.